The van der Waals surface area contributed by atoms with E-state index in [0.717, 1.165) is 0 Å². The van der Waals surface area contributed by atoms with Crippen LogP contribution in [0.5, 0.6) is 5.75 Å². The normalized spacial score (nSPS) is 10.4. The first kappa shape index (κ1) is 14.4. The highest BCUT2D eigenvalue weighted by Crippen LogP contribution is 2.14. The van der Waals surface area contributed by atoms with Crippen molar-refractivity contribution in [2.75, 3.05) is 33.8 Å². The van der Waals surface area contributed by atoms with Gasteiger partial charge in [-0.1, -0.05) is 12.1 Å². The lowest BCUT2D eigenvalue weighted by Crippen LogP contribution is -2.30. The number of hydrogen-bond donors (Lipinski definition) is 1. The van der Waals surface area contributed by atoms with Crippen LogP contribution in [0, 0.1) is 5.82 Å². The van der Waals surface area contributed by atoms with Crippen LogP contribution in [0.2, 0.25) is 0 Å². The zero-order valence-electron chi connectivity index (χ0n) is 10.8. The van der Waals surface area contributed by atoms with Crippen LogP contribution in [0.4, 0.5) is 4.39 Å². The first-order chi connectivity index (χ1) is 8.59. The third kappa shape index (κ3) is 5.63. The molecule has 18 heavy (non-hydrogen) atoms. The summed E-state index contributed by atoms with van der Waals surface area (Å²) in [5.41, 5.74) is 0. The summed E-state index contributed by atoms with van der Waals surface area (Å²) in [6.07, 6.45) is 0.451. The summed E-state index contributed by atoms with van der Waals surface area (Å²) in [6.45, 7) is 1.34. The van der Waals surface area contributed by atoms with E-state index in [0.29, 0.717) is 19.5 Å². The second kappa shape index (κ2) is 7.66. The van der Waals surface area contributed by atoms with Gasteiger partial charge in [0.05, 0.1) is 6.54 Å². The molecular formula is C13H19FN2O2. The van der Waals surface area contributed by atoms with E-state index in [9.17, 15) is 9.18 Å². The van der Waals surface area contributed by atoms with Crippen molar-refractivity contribution in [3.05, 3.63) is 30.1 Å². The van der Waals surface area contributed by atoms with Gasteiger partial charge in [0.2, 0.25) is 5.91 Å². The molecule has 0 unspecified atom stereocenters. The molecule has 0 bridgehead atoms. The van der Waals surface area contributed by atoms with Gasteiger partial charge >= 0.3 is 0 Å². The number of carbonyl (C=O) groups excluding carboxylic acids is 1. The monoisotopic (exact) mass is 254 g/mol. The molecule has 0 saturated carbocycles. The van der Waals surface area contributed by atoms with Crippen LogP contribution in [0.15, 0.2) is 24.3 Å². The van der Waals surface area contributed by atoms with E-state index in [2.05, 4.69) is 5.32 Å². The smallest absolute Gasteiger partial charge is 0.221 e. The molecule has 0 radical (unpaired) electrons. The number of benzene rings is 1. The minimum absolute atomic E-state index is 0.0270. The van der Waals surface area contributed by atoms with Crippen LogP contribution in [-0.4, -0.2) is 44.6 Å². The van der Waals surface area contributed by atoms with E-state index in [1.807, 2.05) is 19.0 Å². The van der Waals surface area contributed by atoms with E-state index in [4.69, 9.17) is 4.74 Å². The second-order valence-corrected chi connectivity index (χ2v) is 4.18. The van der Waals surface area contributed by atoms with Gasteiger partial charge in [0, 0.05) is 13.0 Å². The van der Waals surface area contributed by atoms with Gasteiger partial charge in [-0.3, -0.25) is 4.79 Å². The molecule has 0 atom stereocenters. The first-order valence-electron chi connectivity index (χ1n) is 5.88. The highest BCUT2D eigenvalue weighted by atomic mass is 19.1. The van der Waals surface area contributed by atoms with Crippen molar-refractivity contribution in [3.8, 4) is 5.75 Å². The van der Waals surface area contributed by atoms with Gasteiger partial charge in [-0.2, -0.15) is 0 Å². The molecule has 100 valence electrons. The molecule has 0 saturated heterocycles. The zero-order valence-corrected chi connectivity index (χ0v) is 10.8. The summed E-state index contributed by atoms with van der Waals surface area (Å²) >= 11 is 0. The fraction of sp³-hybridized carbons (Fsp3) is 0.462. The molecule has 1 rings (SSSR count). The van der Waals surface area contributed by atoms with E-state index in [1.54, 1.807) is 18.2 Å². The lowest BCUT2D eigenvalue weighted by atomic mass is 10.3. The van der Waals surface area contributed by atoms with E-state index in [-0.39, 0.29) is 18.3 Å². The molecule has 1 aromatic carbocycles. The Morgan fingerprint density at radius 1 is 1.39 bits per heavy atom. The van der Waals surface area contributed by atoms with Crippen LogP contribution in [0.3, 0.4) is 0 Å². The van der Waals surface area contributed by atoms with Gasteiger partial charge in [0.15, 0.2) is 11.6 Å². The number of hydrogen-bond acceptors (Lipinski definition) is 3. The van der Waals surface area contributed by atoms with Crippen molar-refractivity contribution in [1.82, 2.24) is 10.2 Å². The highest BCUT2D eigenvalue weighted by molar-refractivity contribution is 5.76. The molecule has 1 aromatic rings. The summed E-state index contributed by atoms with van der Waals surface area (Å²) in [7, 11) is 3.82. The maximum atomic E-state index is 13.2. The Morgan fingerprint density at radius 2 is 2.11 bits per heavy atom. The maximum absolute atomic E-state index is 13.2. The van der Waals surface area contributed by atoms with Crippen molar-refractivity contribution in [1.29, 1.82) is 0 Å². The number of carbonyl (C=O) groups is 1. The van der Waals surface area contributed by atoms with Crippen LogP contribution in [0.1, 0.15) is 6.42 Å². The quantitative estimate of drug-likeness (QED) is 0.745. The molecule has 0 heterocycles. The Hall–Kier alpha value is -1.62. The molecule has 1 N–H and O–H groups in total. The summed E-state index contributed by atoms with van der Waals surface area (Å²) < 4.78 is 18.4. The highest BCUT2D eigenvalue weighted by Gasteiger charge is 2.03. The predicted molar refractivity (Wildman–Crippen MR) is 68.1 cm³/mol. The Morgan fingerprint density at radius 3 is 2.78 bits per heavy atom. The summed E-state index contributed by atoms with van der Waals surface area (Å²) in [5, 5.41) is 2.71. The number of nitrogens with zero attached hydrogens (tertiary/aromatic N) is 1. The summed E-state index contributed by atoms with van der Waals surface area (Å²) in [5.74, 6) is -0.211. The molecule has 1 amide bonds. The summed E-state index contributed by atoms with van der Waals surface area (Å²) in [4.78, 5) is 13.3. The Balaban J connectivity index is 2.15. The maximum Gasteiger partial charge on any atom is 0.221 e. The molecule has 5 heteroatoms. The van der Waals surface area contributed by atoms with Gasteiger partial charge in [-0.05, 0) is 26.2 Å². The van der Waals surface area contributed by atoms with E-state index in [1.165, 1.54) is 6.07 Å². The minimum atomic E-state index is -0.392. The number of halogens is 1. The van der Waals surface area contributed by atoms with E-state index >= 15 is 0 Å². The number of rotatable bonds is 7. The fourth-order valence-electron chi connectivity index (χ4n) is 1.33. The van der Waals surface area contributed by atoms with Crippen LogP contribution < -0.4 is 10.1 Å². The molecular weight excluding hydrogens is 235 g/mol. The third-order valence-corrected chi connectivity index (χ3v) is 2.30. The van der Waals surface area contributed by atoms with Gasteiger partial charge < -0.3 is 15.0 Å². The minimum Gasteiger partial charge on any atom is -0.489 e. The molecule has 0 fully saturated rings. The summed E-state index contributed by atoms with van der Waals surface area (Å²) in [6, 6.07) is 6.20. The van der Waals surface area contributed by atoms with Crippen molar-refractivity contribution >= 4 is 5.91 Å². The molecule has 4 nitrogen and oxygen atoms in total. The predicted octanol–water partition coefficient (Wildman–Crippen LogP) is 1.27. The van der Waals surface area contributed by atoms with Crippen LogP contribution in [0.25, 0.3) is 0 Å². The van der Waals surface area contributed by atoms with Crippen molar-refractivity contribution in [2.45, 2.75) is 6.42 Å². The van der Waals surface area contributed by atoms with Gasteiger partial charge in [0.1, 0.15) is 6.61 Å². The van der Waals surface area contributed by atoms with Crippen LogP contribution in [-0.2, 0) is 4.79 Å². The molecule has 0 aromatic heterocycles. The molecule has 0 spiro atoms. The van der Waals surface area contributed by atoms with Crippen LogP contribution >= 0.6 is 0 Å². The average Bonchev–Trinajstić information content (AvgIpc) is 2.34. The lowest BCUT2D eigenvalue weighted by Gasteiger charge is -2.10. The van der Waals surface area contributed by atoms with Crippen molar-refractivity contribution in [3.63, 3.8) is 0 Å². The molecule has 0 aliphatic rings. The van der Waals surface area contributed by atoms with Gasteiger partial charge in [-0.25, -0.2) is 4.39 Å². The fourth-order valence-corrected chi connectivity index (χ4v) is 1.33. The largest absolute Gasteiger partial charge is 0.489 e. The van der Waals surface area contributed by atoms with Crippen molar-refractivity contribution < 1.29 is 13.9 Å². The first-order valence-corrected chi connectivity index (χ1v) is 5.88. The molecule has 0 aliphatic heterocycles. The number of amides is 1. The van der Waals surface area contributed by atoms with E-state index < -0.39 is 5.82 Å². The zero-order chi connectivity index (χ0) is 13.4. The third-order valence-electron chi connectivity index (χ3n) is 2.30. The number of ether oxygens (including phenoxy) is 1. The lowest BCUT2D eigenvalue weighted by molar-refractivity contribution is -0.121. The number of para-hydroxylation sites is 1. The Labute approximate surface area is 107 Å². The second-order valence-electron chi connectivity index (χ2n) is 4.18. The SMILES string of the molecule is CN(C)CCC(=O)NCCOc1ccccc1F. The van der Waals surface area contributed by atoms with Crippen molar-refractivity contribution in [2.24, 2.45) is 0 Å². The topological polar surface area (TPSA) is 41.6 Å². The number of nitrogens with one attached hydrogen (secondary N) is 1. The van der Waals surface area contributed by atoms with Gasteiger partial charge in [-0.15, -0.1) is 0 Å². The molecule has 0 aliphatic carbocycles. The van der Waals surface area contributed by atoms with Gasteiger partial charge in [0.25, 0.3) is 0 Å². The Bertz CT molecular complexity index is 383. The average molecular weight is 254 g/mol. The Kier molecular flexibility index (Phi) is 6.14. The standard InChI is InChI=1S/C13H19FN2O2/c1-16(2)9-7-13(17)15-8-10-18-12-6-4-3-5-11(12)14/h3-6H,7-10H2,1-2H3,(H,15,17).